The minimum absolute atomic E-state index is 0.0539. The first-order valence-corrected chi connectivity index (χ1v) is 7.91. The van der Waals surface area contributed by atoms with E-state index in [9.17, 15) is 0 Å². The first kappa shape index (κ1) is 14.7. The average Bonchev–Trinajstić information content (AvgIpc) is 3.18. The molecule has 0 amide bonds. The van der Waals surface area contributed by atoms with E-state index in [1.165, 1.54) is 0 Å². The number of nitrogens with two attached hydrogens (primary N) is 1. The van der Waals surface area contributed by atoms with Crippen molar-refractivity contribution in [1.29, 1.82) is 0 Å². The van der Waals surface area contributed by atoms with Crippen molar-refractivity contribution in [1.82, 2.24) is 15.2 Å². The summed E-state index contributed by atoms with van der Waals surface area (Å²) in [5.74, 6) is 0.885. The molecular formula is C16H18N4OS. The zero-order valence-corrected chi connectivity index (χ0v) is 13.4. The summed E-state index contributed by atoms with van der Waals surface area (Å²) in [5, 5.41) is 10.6. The SMILES string of the molecule is COc1ccc(-c2cc(C(CN)c3nc(C)cs3)[nH]n2)cc1. The Morgan fingerprint density at radius 1 is 1.32 bits per heavy atom. The van der Waals surface area contributed by atoms with Gasteiger partial charge in [0.05, 0.1) is 18.7 Å². The molecule has 0 spiro atoms. The molecule has 1 aromatic carbocycles. The molecule has 2 aromatic heterocycles. The molecule has 3 N–H and O–H groups in total. The molecule has 22 heavy (non-hydrogen) atoms. The van der Waals surface area contributed by atoms with E-state index in [2.05, 4.69) is 15.2 Å². The number of thiazole rings is 1. The van der Waals surface area contributed by atoms with Crippen LogP contribution in [0.1, 0.15) is 22.3 Å². The van der Waals surface area contributed by atoms with E-state index in [1.807, 2.05) is 42.6 Å². The molecular weight excluding hydrogens is 296 g/mol. The standard InChI is InChI=1S/C16H18N4OS/c1-10-9-22-16(18-10)13(8-17)15-7-14(19-20-15)11-3-5-12(21-2)6-4-11/h3-7,9,13H,8,17H2,1-2H3,(H,19,20). The lowest BCUT2D eigenvalue weighted by atomic mass is 10.1. The van der Waals surface area contributed by atoms with Crippen LogP contribution in [0.15, 0.2) is 35.7 Å². The summed E-state index contributed by atoms with van der Waals surface area (Å²) in [6.45, 7) is 2.49. The van der Waals surface area contributed by atoms with Crippen LogP contribution >= 0.6 is 11.3 Å². The Hall–Kier alpha value is -2.18. The number of ether oxygens (including phenoxy) is 1. The molecule has 0 aliphatic rings. The highest BCUT2D eigenvalue weighted by Gasteiger charge is 2.18. The van der Waals surface area contributed by atoms with Crippen molar-refractivity contribution >= 4 is 11.3 Å². The Labute approximate surface area is 133 Å². The number of H-pyrrole nitrogens is 1. The molecule has 3 aromatic rings. The van der Waals surface area contributed by atoms with Crippen molar-refractivity contribution < 1.29 is 4.74 Å². The van der Waals surface area contributed by atoms with Crippen molar-refractivity contribution in [2.75, 3.05) is 13.7 Å². The molecule has 2 heterocycles. The molecule has 0 bridgehead atoms. The minimum atomic E-state index is 0.0539. The van der Waals surface area contributed by atoms with E-state index in [4.69, 9.17) is 10.5 Å². The molecule has 0 saturated heterocycles. The lowest BCUT2D eigenvalue weighted by Crippen LogP contribution is -2.14. The van der Waals surface area contributed by atoms with E-state index in [1.54, 1.807) is 18.4 Å². The zero-order valence-electron chi connectivity index (χ0n) is 12.5. The number of methoxy groups -OCH3 is 1. The lowest BCUT2D eigenvalue weighted by Gasteiger charge is -2.08. The van der Waals surface area contributed by atoms with Gasteiger partial charge >= 0.3 is 0 Å². The summed E-state index contributed by atoms with van der Waals surface area (Å²) < 4.78 is 5.17. The Kier molecular flexibility index (Phi) is 4.22. The van der Waals surface area contributed by atoms with Gasteiger partial charge in [-0.05, 0) is 37.3 Å². The summed E-state index contributed by atoms with van der Waals surface area (Å²) in [6, 6.07) is 9.87. The second-order valence-corrected chi connectivity index (χ2v) is 5.94. The van der Waals surface area contributed by atoms with Crippen LogP contribution in [0.4, 0.5) is 0 Å². The Morgan fingerprint density at radius 3 is 2.68 bits per heavy atom. The summed E-state index contributed by atoms with van der Waals surface area (Å²) in [5.41, 5.74) is 9.87. The fourth-order valence-corrected chi connectivity index (χ4v) is 3.25. The molecule has 1 atom stereocenters. The van der Waals surface area contributed by atoms with Crippen LogP contribution in [0.25, 0.3) is 11.3 Å². The van der Waals surface area contributed by atoms with E-state index >= 15 is 0 Å². The van der Waals surface area contributed by atoms with Crippen LogP contribution in [0, 0.1) is 6.92 Å². The smallest absolute Gasteiger partial charge is 0.118 e. The number of hydrogen-bond donors (Lipinski definition) is 2. The van der Waals surface area contributed by atoms with Crippen LogP contribution < -0.4 is 10.5 Å². The Bertz CT molecular complexity index is 748. The number of aromatic amines is 1. The monoisotopic (exact) mass is 314 g/mol. The quantitative estimate of drug-likeness (QED) is 0.759. The molecule has 114 valence electrons. The molecule has 3 rings (SSSR count). The van der Waals surface area contributed by atoms with E-state index in [0.717, 1.165) is 33.4 Å². The predicted octanol–water partition coefficient (Wildman–Crippen LogP) is 2.94. The van der Waals surface area contributed by atoms with Gasteiger partial charge in [-0.3, -0.25) is 5.10 Å². The third-order valence-electron chi connectivity index (χ3n) is 3.53. The number of aryl methyl sites for hydroxylation is 1. The van der Waals surface area contributed by atoms with Gasteiger partial charge in [-0.25, -0.2) is 4.98 Å². The van der Waals surface area contributed by atoms with Gasteiger partial charge in [-0.2, -0.15) is 5.10 Å². The highest BCUT2D eigenvalue weighted by Crippen LogP contribution is 2.28. The maximum atomic E-state index is 5.93. The summed E-state index contributed by atoms with van der Waals surface area (Å²) in [4.78, 5) is 4.54. The number of rotatable bonds is 5. The van der Waals surface area contributed by atoms with Gasteiger partial charge in [0.1, 0.15) is 10.8 Å². The second-order valence-electron chi connectivity index (χ2n) is 5.05. The van der Waals surface area contributed by atoms with E-state index in [-0.39, 0.29) is 5.92 Å². The lowest BCUT2D eigenvalue weighted by molar-refractivity contribution is 0.415. The summed E-state index contributed by atoms with van der Waals surface area (Å²) in [6.07, 6.45) is 0. The molecule has 0 saturated carbocycles. The zero-order chi connectivity index (χ0) is 15.5. The van der Waals surface area contributed by atoms with Crippen molar-refractivity contribution in [3.05, 3.63) is 52.1 Å². The molecule has 0 aliphatic carbocycles. The number of benzene rings is 1. The van der Waals surface area contributed by atoms with Gasteiger partial charge in [0, 0.05) is 28.9 Å². The predicted molar refractivity (Wildman–Crippen MR) is 88.3 cm³/mol. The highest BCUT2D eigenvalue weighted by molar-refractivity contribution is 7.09. The molecule has 6 heteroatoms. The normalized spacial score (nSPS) is 12.3. The Balaban J connectivity index is 1.88. The van der Waals surface area contributed by atoms with Gasteiger partial charge in [-0.1, -0.05) is 0 Å². The maximum Gasteiger partial charge on any atom is 0.118 e. The number of nitrogens with one attached hydrogen (secondary N) is 1. The first-order chi connectivity index (χ1) is 10.7. The number of aromatic nitrogens is 3. The van der Waals surface area contributed by atoms with Crippen molar-refractivity contribution in [2.45, 2.75) is 12.8 Å². The van der Waals surface area contributed by atoms with Crippen LogP contribution in [0.5, 0.6) is 5.75 Å². The topological polar surface area (TPSA) is 76.8 Å². The van der Waals surface area contributed by atoms with Crippen LogP contribution in [0.3, 0.4) is 0 Å². The highest BCUT2D eigenvalue weighted by atomic mass is 32.1. The fourth-order valence-electron chi connectivity index (χ4n) is 2.32. The third-order valence-corrected chi connectivity index (χ3v) is 4.61. The summed E-state index contributed by atoms with van der Waals surface area (Å²) >= 11 is 1.63. The van der Waals surface area contributed by atoms with Gasteiger partial charge in [0.2, 0.25) is 0 Å². The van der Waals surface area contributed by atoms with Gasteiger partial charge in [0.25, 0.3) is 0 Å². The largest absolute Gasteiger partial charge is 0.497 e. The van der Waals surface area contributed by atoms with Gasteiger partial charge < -0.3 is 10.5 Å². The third kappa shape index (κ3) is 2.88. The van der Waals surface area contributed by atoms with Gasteiger partial charge in [-0.15, -0.1) is 11.3 Å². The van der Waals surface area contributed by atoms with Crippen molar-refractivity contribution in [3.8, 4) is 17.0 Å². The number of nitrogens with zero attached hydrogens (tertiary/aromatic N) is 2. The van der Waals surface area contributed by atoms with Crippen molar-refractivity contribution in [3.63, 3.8) is 0 Å². The average molecular weight is 314 g/mol. The van der Waals surface area contributed by atoms with Crippen LogP contribution in [-0.4, -0.2) is 28.8 Å². The molecule has 0 radical (unpaired) electrons. The van der Waals surface area contributed by atoms with E-state index in [0.29, 0.717) is 6.54 Å². The number of hydrogen-bond acceptors (Lipinski definition) is 5. The Morgan fingerprint density at radius 2 is 2.09 bits per heavy atom. The van der Waals surface area contributed by atoms with Crippen molar-refractivity contribution in [2.24, 2.45) is 5.73 Å². The fraction of sp³-hybridized carbons (Fsp3) is 0.250. The molecule has 0 fully saturated rings. The second kappa shape index (κ2) is 6.29. The molecule has 0 aliphatic heterocycles. The van der Waals surface area contributed by atoms with Gasteiger partial charge in [0.15, 0.2) is 0 Å². The summed E-state index contributed by atoms with van der Waals surface area (Å²) in [7, 11) is 1.66. The minimum Gasteiger partial charge on any atom is -0.497 e. The maximum absolute atomic E-state index is 5.93. The van der Waals surface area contributed by atoms with Crippen LogP contribution in [-0.2, 0) is 0 Å². The van der Waals surface area contributed by atoms with E-state index < -0.39 is 0 Å². The van der Waals surface area contributed by atoms with Crippen LogP contribution in [0.2, 0.25) is 0 Å². The first-order valence-electron chi connectivity index (χ1n) is 7.03. The molecule has 1 unspecified atom stereocenters. The molecule has 5 nitrogen and oxygen atoms in total.